The third-order valence-electron chi connectivity index (χ3n) is 2.31. The van der Waals surface area contributed by atoms with E-state index in [1.807, 2.05) is 0 Å². The van der Waals surface area contributed by atoms with Crippen LogP contribution in [0, 0.1) is 0 Å². The lowest BCUT2D eigenvalue weighted by Crippen LogP contribution is -2.37. The van der Waals surface area contributed by atoms with E-state index in [1.54, 1.807) is 31.2 Å². The molecule has 0 radical (unpaired) electrons. The third kappa shape index (κ3) is 3.88. The van der Waals surface area contributed by atoms with Gasteiger partial charge >= 0.3 is 5.97 Å². The maximum absolute atomic E-state index is 11.9. The largest absolute Gasteiger partial charge is 0.497 e. The second-order valence-electron chi connectivity index (χ2n) is 3.59. The highest BCUT2D eigenvalue weighted by Gasteiger charge is 2.15. The number of Topliss-reactive ketones (excluding diaryl/α,β-unsaturated/α-hetero) is 1. The maximum Gasteiger partial charge on any atom is 0.317 e. The van der Waals surface area contributed by atoms with Crippen molar-refractivity contribution < 1.29 is 19.4 Å². The number of ketones is 1. The van der Waals surface area contributed by atoms with Crippen molar-refractivity contribution in [1.82, 2.24) is 5.32 Å². The summed E-state index contributed by atoms with van der Waals surface area (Å²) in [5, 5.41) is 11.1. The Morgan fingerprint density at radius 1 is 1.47 bits per heavy atom. The molecule has 1 unspecified atom stereocenters. The number of aliphatic carboxylic acids is 1. The number of carbonyl (C=O) groups is 2. The number of hydrogen-bond donors (Lipinski definition) is 2. The van der Waals surface area contributed by atoms with Gasteiger partial charge < -0.3 is 9.84 Å². The van der Waals surface area contributed by atoms with E-state index in [0.717, 1.165) is 0 Å². The minimum absolute atomic E-state index is 0.162. The smallest absolute Gasteiger partial charge is 0.317 e. The SMILES string of the molecule is COc1cccc(C(=O)C(C)NCC(=O)O)c1. The summed E-state index contributed by atoms with van der Waals surface area (Å²) in [5.74, 6) is -0.554. The van der Waals surface area contributed by atoms with Crippen LogP contribution in [0.15, 0.2) is 24.3 Å². The number of methoxy groups -OCH3 is 1. The molecular weight excluding hydrogens is 222 g/mol. The monoisotopic (exact) mass is 237 g/mol. The van der Waals surface area contributed by atoms with Crippen LogP contribution in [0.4, 0.5) is 0 Å². The summed E-state index contributed by atoms with van der Waals surface area (Å²) in [4.78, 5) is 22.3. The zero-order valence-corrected chi connectivity index (χ0v) is 9.77. The van der Waals surface area contributed by atoms with Crippen LogP contribution in [0.2, 0.25) is 0 Å². The van der Waals surface area contributed by atoms with Gasteiger partial charge in [-0.3, -0.25) is 14.9 Å². The van der Waals surface area contributed by atoms with Crippen molar-refractivity contribution in [3.8, 4) is 5.75 Å². The Bertz CT molecular complexity index is 417. The topological polar surface area (TPSA) is 75.6 Å². The molecule has 0 saturated heterocycles. The molecular formula is C12H15NO4. The van der Waals surface area contributed by atoms with Crippen LogP contribution in [0.1, 0.15) is 17.3 Å². The quantitative estimate of drug-likeness (QED) is 0.720. The van der Waals surface area contributed by atoms with Crippen LogP contribution < -0.4 is 10.1 Å². The van der Waals surface area contributed by atoms with Gasteiger partial charge in [0.25, 0.3) is 0 Å². The van der Waals surface area contributed by atoms with Gasteiger partial charge in [0, 0.05) is 5.56 Å². The summed E-state index contributed by atoms with van der Waals surface area (Å²) >= 11 is 0. The van der Waals surface area contributed by atoms with E-state index in [9.17, 15) is 9.59 Å². The van der Waals surface area contributed by atoms with E-state index in [1.165, 1.54) is 7.11 Å². The minimum atomic E-state index is -0.990. The molecule has 0 amide bonds. The Morgan fingerprint density at radius 2 is 2.18 bits per heavy atom. The highest BCUT2D eigenvalue weighted by atomic mass is 16.5. The zero-order chi connectivity index (χ0) is 12.8. The number of hydrogen-bond acceptors (Lipinski definition) is 4. The van der Waals surface area contributed by atoms with Gasteiger partial charge in [-0.25, -0.2) is 0 Å². The lowest BCUT2D eigenvalue weighted by molar-refractivity contribution is -0.136. The number of nitrogens with one attached hydrogen (secondary N) is 1. The van der Waals surface area contributed by atoms with E-state index in [0.29, 0.717) is 11.3 Å². The molecule has 92 valence electrons. The number of ether oxygens (including phenoxy) is 1. The highest BCUT2D eigenvalue weighted by Crippen LogP contribution is 2.13. The van der Waals surface area contributed by atoms with Gasteiger partial charge in [0.15, 0.2) is 5.78 Å². The number of rotatable bonds is 6. The van der Waals surface area contributed by atoms with Gasteiger partial charge in [0.05, 0.1) is 19.7 Å². The van der Waals surface area contributed by atoms with Crippen molar-refractivity contribution >= 4 is 11.8 Å². The molecule has 0 aliphatic rings. The normalized spacial score (nSPS) is 11.9. The molecule has 1 atom stereocenters. The zero-order valence-electron chi connectivity index (χ0n) is 9.77. The first-order valence-electron chi connectivity index (χ1n) is 5.18. The fraction of sp³-hybridized carbons (Fsp3) is 0.333. The molecule has 1 rings (SSSR count). The van der Waals surface area contributed by atoms with Crippen LogP contribution in [-0.2, 0) is 4.79 Å². The summed E-state index contributed by atoms with van der Waals surface area (Å²) in [6.45, 7) is 1.39. The fourth-order valence-corrected chi connectivity index (χ4v) is 1.36. The Balaban J connectivity index is 2.70. The molecule has 0 heterocycles. The fourth-order valence-electron chi connectivity index (χ4n) is 1.36. The molecule has 0 aliphatic heterocycles. The highest BCUT2D eigenvalue weighted by molar-refractivity contribution is 6.00. The molecule has 0 aromatic heterocycles. The number of carboxylic acid groups (broad SMARTS) is 1. The predicted molar refractivity (Wildman–Crippen MR) is 62.4 cm³/mol. The van der Waals surface area contributed by atoms with Crippen molar-refractivity contribution in [2.24, 2.45) is 0 Å². The molecule has 5 heteroatoms. The van der Waals surface area contributed by atoms with Crippen molar-refractivity contribution in [3.63, 3.8) is 0 Å². The maximum atomic E-state index is 11.9. The lowest BCUT2D eigenvalue weighted by atomic mass is 10.1. The minimum Gasteiger partial charge on any atom is -0.497 e. The Labute approximate surface area is 99.4 Å². The molecule has 1 aromatic carbocycles. The average molecular weight is 237 g/mol. The van der Waals surface area contributed by atoms with Gasteiger partial charge in [0.2, 0.25) is 0 Å². The van der Waals surface area contributed by atoms with E-state index < -0.39 is 12.0 Å². The van der Waals surface area contributed by atoms with E-state index in [2.05, 4.69) is 5.32 Å². The van der Waals surface area contributed by atoms with Gasteiger partial charge in [-0.2, -0.15) is 0 Å². The van der Waals surface area contributed by atoms with Crippen molar-refractivity contribution in [2.75, 3.05) is 13.7 Å². The Kier molecular flexibility index (Phi) is 4.66. The van der Waals surface area contributed by atoms with Crippen LogP contribution in [0.25, 0.3) is 0 Å². The molecule has 1 aromatic rings. The van der Waals surface area contributed by atoms with Crippen LogP contribution >= 0.6 is 0 Å². The second kappa shape index (κ2) is 6.00. The number of benzene rings is 1. The Hall–Kier alpha value is -1.88. The molecule has 5 nitrogen and oxygen atoms in total. The van der Waals surface area contributed by atoms with Gasteiger partial charge in [0.1, 0.15) is 5.75 Å². The first kappa shape index (κ1) is 13.2. The van der Waals surface area contributed by atoms with Gasteiger partial charge in [-0.15, -0.1) is 0 Å². The van der Waals surface area contributed by atoms with Crippen LogP contribution in [0.5, 0.6) is 5.75 Å². The van der Waals surface area contributed by atoms with Gasteiger partial charge in [-0.1, -0.05) is 12.1 Å². The van der Waals surface area contributed by atoms with E-state index in [-0.39, 0.29) is 12.3 Å². The molecule has 17 heavy (non-hydrogen) atoms. The first-order chi connectivity index (χ1) is 8.04. The summed E-state index contributed by atoms with van der Waals surface area (Å²) in [7, 11) is 1.52. The molecule has 0 spiro atoms. The summed E-state index contributed by atoms with van der Waals surface area (Å²) in [6, 6.07) is 6.21. The van der Waals surface area contributed by atoms with Gasteiger partial charge in [-0.05, 0) is 19.1 Å². The van der Waals surface area contributed by atoms with Crippen LogP contribution in [-0.4, -0.2) is 36.6 Å². The number of carboxylic acids is 1. The standard InChI is InChI=1S/C12H15NO4/c1-8(13-7-11(14)15)12(16)9-4-3-5-10(6-9)17-2/h3-6,8,13H,7H2,1-2H3,(H,14,15). The van der Waals surface area contributed by atoms with Crippen molar-refractivity contribution in [1.29, 1.82) is 0 Å². The average Bonchev–Trinajstić information content (AvgIpc) is 2.35. The molecule has 2 N–H and O–H groups in total. The first-order valence-corrected chi connectivity index (χ1v) is 5.18. The van der Waals surface area contributed by atoms with E-state index >= 15 is 0 Å². The van der Waals surface area contributed by atoms with E-state index in [4.69, 9.17) is 9.84 Å². The third-order valence-corrected chi connectivity index (χ3v) is 2.31. The summed E-state index contributed by atoms with van der Waals surface area (Å²) in [5.41, 5.74) is 0.495. The lowest BCUT2D eigenvalue weighted by Gasteiger charge is -2.11. The summed E-state index contributed by atoms with van der Waals surface area (Å²) in [6.07, 6.45) is 0. The molecule has 0 bridgehead atoms. The Morgan fingerprint density at radius 3 is 2.76 bits per heavy atom. The van der Waals surface area contributed by atoms with Crippen molar-refractivity contribution in [2.45, 2.75) is 13.0 Å². The van der Waals surface area contributed by atoms with Crippen molar-refractivity contribution in [3.05, 3.63) is 29.8 Å². The second-order valence-corrected chi connectivity index (χ2v) is 3.59. The number of carbonyl (C=O) groups excluding carboxylic acids is 1. The molecule has 0 fully saturated rings. The van der Waals surface area contributed by atoms with Crippen LogP contribution in [0.3, 0.4) is 0 Å². The molecule has 0 saturated carbocycles. The molecule has 0 aliphatic carbocycles. The summed E-state index contributed by atoms with van der Waals surface area (Å²) < 4.78 is 5.02. The predicted octanol–water partition coefficient (Wildman–Crippen LogP) is 0.941.